The van der Waals surface area contributed by atoms with Gasteiger partial charge in [0.15, 0.2) is 5.96 Å². The lowest BCUT2D eigenvalue weighted by Gasteiger charge is -2.33. The van der Waals surface area contributed by atoms with Crippen LogP contribution in [-0.2, 0) is 11.3 Å². The number of guanidine groups is 1. The molecule has 0 saturated carbocycles. The summed E-state index contributed by atoms with van der Waals surface area (Å²) in [4.78, 5) is 6.89. The Balaban J connectivity index is 1.33. The molecule has 1 saturated heterocycles. The van der Waals surface area contributed by atoms with E-state index in [0.717, 1.165) is 57.3 Å². The highest BCUT2D eigenvalue weighted by Crippen LogP contribution is 2.24. The fraction of sp³-hybridized carbons (Fsp3) is 0.542. The van der Waals surface area contributed by atoms with Gasteiger partial charge in [-0.1, -0.05) is 36.8 Å². The molecule has 2 aromatic rings. The van der Waals surface area contributed by atoms with Gasteiger partial charge in [0.25, 0.3) is 0 Å². The number of furan rings is 1. The van der Waals surface area contributed by atoms with E-state index >= 15 is 0 Å². The number of likely N-dealkylation sites (tertiary alicyclic amines) is 1. The molecule has 1 aromatic carbocycles. The van der Waals surface area contributed by atoms with Crippen LogP contribution in [0.15, 0.2) is 58.1 Å². The van der Waals surface area contributed by atoms with Crippen LogP contribution in [0.1, 0.15) is 49.5 Å². The van der Waals surface area contributed by atoms with Gasteiger partial charge in [-0.15, -0.1) is 0 Å². The molecular weight excluding hydrogens is 376 g/mol. The highest BCUT2D eigenvalue weighted by atomic mass is 16.5. The first-order valence-electron chi connectivity index (χ1n) is 11.2. The number of benzene rings is 1. The second-order valence-corrected chi connectivity index (χ2v) is 7.75. The maximum atomic E-state index is 5.75. The Bertz CT molecular complexity index is 712. The van der Waals surface area contributed by atoms with Crippen molar-refractivity contribution in [3.05, 3.63) is 60.1 Å². The van der Waals surface area contributed by atoms with Crippen LogP contribution >= 0.6 is 0 Å². The predicted octanol–water partition coefficient (Wildman–Crippen LogP) is 3.97. The number of hydrogen-bond donors (Lipinski definition) is 2. The third-order valence-corrected chi connectivity index (χ3v) is 5.51. The zero-order valence-electron chi connectivity index (χ0n) is 18.2. The molecule has 0 bridgehead atoms. The Kier molecular flexibility index (Phi) is 9.76. The van der Waals surface area contributed by atoms with Crippen molar-refractivity contribution in [2.45, 2.75) is 44.8 Å². The van der Waals surface area contributed by atoms with E-state index in [9.17, 15) is 0 Å². The molecule has 3 rings (SSSR count). The zero-order chi connectivity index (χ0) is 20.9. The Labute approximate surface area is 180 Å². The van der Waals surface area contributed by atoms with E-state index in [1.165, 1.54) is 24.8 Å². The van der Waals surface area contributed by atoms with Crippen LogP contribution in [0.5, 0.6) is 0 Å². The summed E-state index contributed by atoms with van der Waals surface area (Å²) in [5.74, 6) is 1.86. The topological polar surface area (TPSA) is 62.0 Å². The minimum atomic E-state index is 0.241. The Hall–Kier alpha value is -2.31. The number of piperidine rings is 1. The summed E-state index contributed by atoms with van der Waals surface area (Å²) in [7, 11) is 1.82. The monoisotopic (exact) mass is 412 g/mol. The van der Waals surface area contributed by atoms with Crippen LogP contribution < -0.4 is 10.6 Å². The second-order valence-electron chi connectivity index (χ2n) is 7.75. The highest BCUT2D eigenvalue weighted by Gasteiger charge is 2.24. The van der Waals surface area contributed by atoms with Gasteiger partial charge in [-0.05, 0) is 56.5 Å². The molecule has 1 aliphatic heterocycles. The lowest BCUT2D eigenvalue weighted by atomic mass is 10.1. The van der Waals surface area contributed by atoms with Crippen LogP contribution in [0.3, 0.4) is 0 Å². The molecule has 0 spiro atoms. The zero-order valence-corrected chi connectivity index (χ0v) is 18.2. The maximum Gasteiger partial charge on any atom is 0.191 e. The molecule has 0 amide bonds. The summed E-state index contributed by atoms with van der Waals surface area (Å²) >= 11 is 0. The smallest absolute Gasteiger partial charge is 0.191 e. The van der Waals surface area contributed by atoms with Crippen LogP contribution in [0.25, 0.3) is 0 Å². The molecule has 1 atom stereocenters. The molecule has 164 valence electrons. The number of rotatable bonds is 11. The number of hydrogen-bond acceptors (Lipinski definition) is 4. The van der Waals surface area contributed by atoms with E-state index in [1.54, 1.807) is 6.26 Å². The summed E-state index contributed by atoms with van der Waals surface area (Å²) in [6, 6.07) is 14.6. The second kappa shape index (κ2) is 13.1. The van der Waals surface area contributed by atoms with Crippen LogP contribution in [0, 0.1) is 0 Å². The quantitative estimate of drug-likeness (QED) is 0.332. The van der Waals surface area contributed by atoms with Gasteiger partial charge in [0.05, 0.1) is 18.9 Å². The summed E-state index contributed by atoms with van der Waals surface area (Å²) in [6.07, 6.45) is 7.68. The lowest BCUT2D eigenvalue weighted by molar-refractivity contribution is 0.117. The highest BCUT2D eigenvalue weighted by molar-refractivity contribution is 5.79. The molecule has 1 unspecified atom stereocenters. The van der Waals surface area contributed by atoms with E-state index in [-0.39, 0.29) is 6.04 Å². The number of nitrogens with one attached hydrogen (secondary N) is 2. The van der Waals surface area contributed by atoms with Gasteiger partial charge in [0, 0.05) is 26.7 Å². The molecule has 1 aliphatic rings. The van der Waals surface area contributed by atoms with Crippen molar-refractivity contribution >= 4 is 5.96 Å². The largest absolute Gasteiger partial charge is 0.468 e. The van der Waals surface area contributed by atoms with Gasteiger partial charge in [-0.25, -0.2) is 0 Å². The van der Waals surface area contributed by atoms with Crippen molar-refractivity contribution in [3.63, 3.8) is 0 Å². The summed E-state index contributed by atoms with van der Waals surface area (Å²) in [5.41, 5.74) is 1.22. The minimum absolute atomic E-state index is 0.241. The van der Waals surface area contributed by atoms with Gasteiger partial charge >= 0.3 is 0 Å². The van der Waals surface area contributed by atoms with Crippen molar-refractivity contribution in [2.24, 2.45) is 4.99 Å². The van der Waals surface area contributed by atoms with E-state index in [4.69, 9.17) is 9.15 Å². The van der Waals surface area contributed by atoms with Gasteiger partial charge in [0.2, 0.25) is 0 Å². The molecule has 6 heteroatoms. The Morgan fingerprint density at radius 2 is 1.90 bits per heavy atom. The molecule has 0 aliphatic carbocycles. The number of nitrogens with zero attached hydrogens (tertiary/aromatic N) is 2. The molecule has 1 fully saturated rings. The van der Waals surface area contributed by atoms with Crippen molar-refractivity contribution in [2.75, 3.05) is 39.8 Å². The fourth-order valence-electron chi connectivity index (χ4n) is 3.83. The van der Waals surface area contributed by atoms with Crippen molar-refractivity contribution in [3.8, 4) is 0 Å². The normalized spacial score (nSPS) is 16.4. The van der Waals surface area contributed by atoms with Crippen LogP contribution in [0.4, 0.5) is 0 Å². The van der Waals surface area contributed by atoms with Gasteiger partial charge in [-0.2, -0.15) is 0 Å². The van der Waals surface area contributed by atoms with Gasteiger partial charge < -0.3 is 19.8 Å². The fourth-order valence-corrected chi connectivity index (χ4v) is 3.83. The van der Waals surface area contributed by atoms with E-state index < -0.39 is 0 Å². The SMILES string of the molecule is CN=C(NCCCCOCc1ccccc1)NCC(c1ccco1)N1CCCCC1. The molecule has 6 nitrogen and oxygen atoms in total. The molecule has 30 heavy (non-hydrogen) atoms. The average Bonchev–Trinajstić information content (AvgIpc) is 3.33. The molecule has 2 N–H and O–H groups in total. The van der Waals surface area contributed by atoms with E-state index in [0.29, 0.717) is 6.61 Å². The lowest BCUT2D eigenvalue weighted by Crippen LogP contribution is -2.44. The first kappa shape index (κ1) is 22.4. The first-order chi connectivity index (χ1) is 14.9. The average molecular weight is 413 g/mol. The number of aliphatic imine (C=N–C) groups is 1. The Morgan fingerprint density at radius 3 is 2.63 bits per heavy atom. The van der Waals surface area contributed by atoms with Gasteiger partial charge in [0.1, 0.15) is 5.76 Å². The van der Waals surface area contributed by atoms with E-state index in [1.807, 2.05) is 31.3 Å². The van der Waals surface area contributed by atoms with Crippen LogP contribution in [-0.4, -0.2) is 50.7 Å². The molecule has 0 radical (unpaired) electrons. The minimum Gasteiger partial charge on any atom is -0.468 e. The number of ether oxygens (including phenoxy) is 1. The molecule has 1 aromatic heterocycles. The Morgan fingerprint density at radius 1 is 1.07 bits per heavy atom. The third kappa shape index (κ3) is 7.50. The molecule has 2 heterocycles. The summed E-state index contributed by atoms with van der Waals surface area (Å²) < 4.78 is 11.5. The predicted molar refractivity (Wildman–Crippen MR) is 122 cm³/mol. The summed E-state index contributed by atoms with van der Waals surface area (Å²) in [6.45, 7) is 5.38. The van der Waals surface area contributed by atoms with Crippen molar-refractivity contribution in [1.82, 2.24) is 15.5 Å². The van der Waals surface area contributed by atoms with Crippen molar-refractivity contribution in [1.29, 1.82) is 0 Å². The first-order valence-corrected chi connectivity index (χ1v) is 11.2. The maximum absolute atomic E-state index is 5.75. The third-order valence-electron chi connectivity index (χ3n) is 5.51. The van der Waals surface area contributed by atoms with Crippen molar-refractivity contribution < 1.29 is 9.15 Å². The van der Waals surface area contributed by atoms with Crippen LogP contribution in [0.2, 0.25) is 0 Å². The summed E-state index contributed by atoms with van der Waals surface area (Å²) in [5, 5.41) is 6.90. The molecular formula is C24H36N4O2. The number of unbranched alkanes of at least 4 members (excludes halogenated alkanes) is 1. The van der Waals surface area contributed by atoms with E-state index in [2.05, 4.69) is 38.7 Å². The standard InChI is InChI=1S/C24H36N4O2/c1-25-24(26-14-6-9-17-29-20-21-11-4-2-5-12-21)27-19-22(23-13-10-18-30-23)28-15-7-3-8-16-28/h2,4-5,10-13,18,22H,3,6-9,14-17,19-20H2,1H3,(H2,25,26,27). The van der Waals surface area contributed by atoms with Gasteiger partial charge in [-0.3, -0.25) is 9.89 Å².